The normalized spacial score (nSPS) is 13.2. The number of unbranched alkanes of at least 4 members (excludes halogenated alkanes) is 12. The summed E-state index contributed by atoms with van der Waals surface area (Å²) in [5.74, 6) is 0. The van der Waals surface area contributed by atoms with Gasteiger partial charge in [-0.1, -0.05) is 26.2 Å². The van der Waals surface area contributed by atoms with Gasteiger partial charge in [-0.05, 0) is 0 Å². The Balaban J connectivity index is 2.30. The van der Waals surface area contributed by atoms with E-state index in [0.29, 0.717) is 4.90 Å². The molecule has 0 unspecified atom stereocenters. The van der Waals surface area contributed by atoms with Gasteiger partial charge in [-0.15, -0.1) is 0 Å². The molecule has 0 aliphatic rings. The Labute approximate surface area is 254 Å². The summed E-state index contributed by atoms with van der Waals surface area (Å²) in [5, 5.41) is 1.14. The maximum atomic E-state index is 14.4. The van der Waals surface area contributed by atoms with Crippen LogP contribution in [-0.2, 0) is 20.5 Å². The maximum absolute atomic E-state index is 14.4. The number of hydrogen-bond acceptors (Lipinski definition) is 3. The molecule has 0 spiro atoms. The van der Waals surface area contributed by atoms with Crippen molar-refractivity contribution in [2.45, 2.75) is 142 Å². The number of aryl methyl sites for hydroxylation is 1. The molecule has 0 aliphatic carbocycles. The van der Waals surface area contributed by atoms with Crippen LogP contribution in [0.5, 0.6) is 0 Å². The number of benzene rings is 2. The third kappa shape index (κ3) is 11.1. The molecule has 0 saturated heterocycles. The molecule has 0 radical (unpaired) electrons. The third-order valence-corrected chi connectivity index (χ3v) is 17.8. The van der Waals surface area contributed by atoms with Crippen LogP contribution in [0.4, 0.5) is 0 Å². The van der Waals surface area contributed by atoms with Crippen molar-refractivity contribution >= 4 is 22.3 Å². The zero-order chi connectivity index (χ0) is 29.9. The van der Waals surface area contributed by atoms with E-state index in [1.165, 1.54) is 51.4 Å². The van der Waals surface area contributed by atoms with E-state index in [1.54, 1.807) is 6.07 Å². The monoisotopic (exact) mass is 604 g/mol. The summed E-state index contributed by atoms with van der Waals surface area (Å²) in [4.78, 5) is 0.394. The van der Waals surface area contributed by atoms with Crippen LogP contribution < -0.4 is 5.30 Å². The van der Waals surface area contributed by atoms with E-state index in [-0.39, 0.29) is 0 Å². The van der Waals surface area contributed by atoms with Gasteiger partial charge in [0.2, 0.25) is 0 Å². The van der Waals surface area contributed by atoms with Gasteiger partial charge in [0, 0.05) is 0 Å². The molecule has 0 aromatic heterocycles. The zero-order valence-corrected chi connectivity index (χ0v) is 28.6. The standard InChI is InChI=1S/C36H61O3PS/c1-5-9-13-14-15-16-17-18-19-21-26-34-27-24-25-30-36(34)41(37,38)39-40(31-10-6-2,32-11-7-3,33-12-8-4)35-28-22-20-23-29-35/h20,22-25,27-30H,5-19,21,26,31-33H2,1-4H3. The van der Waals surface area contributed by atoms with Crippen molar-refractivity contribution in [3.05, 3.63) is 60.2 Å². The van der Waals surface area contributed by atoms with Crippen LogP contribution in [0.1, 0.15) is 136 Å². The average molecular weight is 605 g/mol. The van der Waals surface area contributed by atoms with Crippen LogP contribution in [0.3, 0.4) is 0 Å². The molecule has 0 bridgehead atoms. The Morgan fingerprint density at radius 3 is 1.49 bits per heavy atom. The summed E-state index contributed by atoms with van der Waals surface area (Å²) >= 11 is 0. The first kappa shape index (κ1) is 36.0. The Morgan fingerprint density at radius 1 is 0.537 bits per heavy atom. The van der Waals surface area contributed by atoms with Gasteiger partial charge in [0.15, 0.2) is 0 Å². The van der Waals surface area contributed by atoms with Crippen LogP contribution >= 0.6 is 6.83 Å². The molecule has 0 atom stereocenters. The first-order valence-electron chi connectivity index (χ1n) is 17.0. The van der Waals surface area contributed by atoms with Gasteiger partial charge in [-0.25, -0.2) is 0 Å². The minimum atomic E-state index is -3.95. The Kier molecular flexibility index (Phi) is 16.8. The van der Waals surface area contributed by atoms with Gasteiger partial charge >= 0.3 is 229 Å². The number of hydrogen-bond donors (Lipinski definition) is 0. The molecule has 2 rings (SSSR count). The molecule has 2 aromatic rings. The van der Waals surface area contributed by atoms with Crippen LogP contribution in [0, 0.1) is 0 Å². The van der Waals surface area contributed by atoms with Crippen LogP contribution in [0.2, 0.25) is 0 Å². The molecule has 0 heterocycles. The summed E-state index contributed by atoms with van der Waals surface area (Å²) in [7, 11) is -3.95. The van der Waals surface area contributed by atoms with E-state index in [2.05, 4.69) is 52.0 Å². The van der Waals surface area contributed by atoms with Crippen LogP contribution in [-0.4, -0.2) is 26.9 Å². The van der Waals surface area contributed by atoms with E-state index in [0.717, 1.165) is 87.1 Å². The van der Waals surface area contributed by atoms with Crippen molar-refractivity contribution in [3.63, 3.8) is 0 Å². The van der Waals surface area contributed by atoms with E-state index < -0.39 is 16.9 Å². The quantitative estimate of drug-likeness (QED) is 0.0884. The van der Waals surface area contributed by atoms with Gasteiger partial charge in [-0.2, -0.15) is 0 Å². The molecule has 0 N–H and O–H groups in total. The second kappa shape index (κ2) is 19.1. The minimum absolute atomic E-state index is 0.394. The van der Waals surface area contributed by atoms with Gasteiger partial charge in [0.25, 0.3) is 0 Å². The summed E-state index contributed by atoms with van der Waals surface area (Å²) in [6.07, 6.45) is 22.1. The van der Waals surface area contributed by atoms with Crippen molar-refractivity contribution in [2.75, 3.05) is 18.5 Å². The Hall–Kier alpha value is -1.22. The summed E-state index contributed by atoms with van der Waals surface area (Å²) in [6.45, 7) is 5.57. The van der Waals surface area contributed by atoms with Crippen molar-refractivity contribution in [1.82, 2.24) is 0 Å². The SMILES string of the molecule is CCCCCCCCCCCCc1ccccc1S(=O)(=O)OP(CCCC)(CCCC)(CCCC)c1ccccc1. The summed E-state index contributed by atoms with van der Waals surface area (Å²) in [6, 6.07) is 18.1. The van der Waals surface area contributed by atoms with Crippen LogP contribution in [0.25, 0.3) is 0 Å². The molecule has 41 heavy (non-hydrogen) atoms. The molecular formula is C36H61O3PS. The average Bonchev–Trinajstić information content (AvgIpc) is 2.99. The van der Waals surface area contributed by atoms with E-state index >= 15 is 0 Å². The molecule has 0 fully saturated rings. The molecule has 0 aliphatic heterocycles. The predicted octanol–water partition coefficient (Wildman–Crippen LogP) is 11.0. The predicted molar refractivity (Wildman–Crippen MR) is 183 cm³/mol. The summed E-state index contributed by atoms with van der Waals surface area (Å²) < 4.78 is 35.8. The fraction of sp³-hybridized carbons (Fsp3) is 0.667. The number of rotatable bonds is 24. The first-order chi connectivity index (χ1) is 19.9. The molecule has 2 aromatic carbocycles. The molecule has 234 valence electrons. The van der Waals surface area contributed by atoms with Crippen molar-refractivity contribution in [1.29, 1.82) is 0 Å². The van der Waals surface area contributed by atoms with E-state index in [1.807, 2.05) is 24.3 Å². The Morgan fingerprint density at radius 2 is 0.976 bits per heavy atom. The topological polar surface area (TPSA) is 43.4 Å². The van der Waals surface area contributed by atoms with Crippen molar-refractivity contribution in [3.8, 4) is 0 Å². The molecule has 0 amide bonds. The van der Waals surface area contributed by atoms with Gasteiger partial charge in [-0.3, -0.25) is 0 Å². The first-order valence-corrected chi connectivity index (χ1v) is 21.1. The zero-order valence-electron chi connectivity index (χ0n) is 26.9. The van der Waals surface area contributed by atoms with E-state index in [4.69, 9.17) is 3.97 Å². The fourth-order valence-corrected chi connectivity index (χ4v) is 16.2. The summed E-state index contributed by atoms with van der Waals surface area (Å²) in [5.41, 5.74) is 0.915. The molecule has 0 saturated carbocycles. The van der Waals surface area contributed by atoms with Gasteiger partial charge < -0.3 is 0 Å². The van der Waals surface area contributed by atoms with Crippen molar-refractivity contribution < 1.29 is 12.4 Å². The van der Waals surface area contributed by atoms with Crippen LogP contribution in [0.15, 0.2) is 59.5 Å². The molecular weight excluding hydrogens is 543 g/mol. The second-order valence-corrected chi connectivity index (χ2v) is 19.3. The molecule has 5 heteroatoms. The third-order valence-electron chi connectivity index (χ3n) is 8.84. The fourth-order valence-electron chi connectivity index (χ4n) is 6.31. The van der Waals surface area contributed by atoms with Gasteiger partial charge in [0.1, 0.15) is 0 Å². The second-order valence-electron chi connectivity index (χ2n) is 12.3. The van der Waals surface area contributed by atoms with Crippen molar-refractivity contribution in [2.24, 2.45) is 0 Å². The Bertz CT molecular complexity index is 1040. The molecule has 3 nitrogen and oxygen atoms in total. The van der Waals surface area contributed by atoms with Gasteiger partial charge in [0.05, 0.1) is 0 Å². The van der Waals surface area contributed by atoms with E-state index in [9.17, 15) is 8.42 Å².